The summed E-state index contributed by atoms with van der Waals surface area (Å²) in [6.45, 7) is 12.6. The summed E-state index contributed by atoms with van der Waals surface area (Å²) in [6.07, 6.45) is 2.07. The van der Waals surface area contributed by atoms with E-state index in [4.69, 9.17) is 9.72 Å². The summed E-state index contributed by atoms with van der Waals surface area (Å²) in [6, 6.07) is 5.16. The van der Waals surface area contributed by atoms with Gasteiger partial charge in [0.05, 0.1) is 33.9 Å². The lowest BCUT2D eigenvalue weighted by atomic mass is 10.2. The van der Waals surface area contributed by atoms with Gasteiger partial charge >= 0.3 is 0 Å². The van der Waals surface area contributed by atoms with Crippen molar-refractivity contribution in [2.24, 2.45) is 0 Å². The number of benzene rings is 1. The van der Waals surface area contributed by atoms with Crippen LogP contribution in [-0.4, -0.2) is 77.2 Å². The molecule has 3 rings (SSSR count). The van der Waals surface area contributed by atoms with E-state index in [0.717, 1.165) is 30.1 Å². The van der Waals surface area contributed by atoms with Crippen LogP contribution in [0, 0.1) is 0 Å². The van der Waals surface area contributed by atoms with Crippen LogP contribution in [-0.2, 0) is 26.1 Å². The van der Waals surface area contributed by atoms with Crippen LogP contribution >= 0.6 is 11.8 Å². The highest BCUT2D eigenvalue weighted by molar-refractivity contribution is 7.99. The average Bonchev–Trinajstić information content (AvgIpc) is 3.12. The second-order valence-electron chi connectivity index (χ2n) is 8.48. The minimum Gasteiger partial charge on any atom is -0.372 e. The van der Waals surface area contributed by atoms with E-state index in [-0.39, 0.29) is 23.0 Å². The Labute approximate surface area is 201 Å². The van der Waals surface area contributed by atoms with Crippen molar-refractivity contribution >= 4 is 38.7 Å². The Bertz CT molecular complexity index is 1060. The van der Waals surface area contributed by atoms with Gasteiger partial charge in [0.15, 0.2) is 5.16 Å². The van der Waals surface area contributed by atoms with Crippen LogP contribution in [0.5, 0.6) is 0 Å². The molecule has 0 bridgehead atoms. The molecule has 2 aromatic rings. The summed E-state index contributed by atoms with van der Waals surface area (Å²) in [7, 11) is -3.56. The molecule has 1 aliphatic rings. The first-order valence-corrected chi connectivity index (χ1v) is 14.2. The summed E-state index contributed by atoms with van der Waals surface area (Å²) in [5, 5.41) is 0.749. The molecule has 2 atom stereocenters. The minimum absolute atomic E-state index is 0.0306. The number of nitrogens with zero attached hydrogens (tertiary/aromatic N) is 4. The predicted octanol–water partition coefficient (Wildman–Crippen LogP) is 3.59. The van der Waals surface area contributed by atoms with Crippen LogP contribution in [0.2, 0.25) is 0 Å². The molecule has 1 aliphatic heterocycles. The van der Waals surface area contributed by atoms with Gasteiger partial charge in [0.25, 0.3) is 0 Å². The number of amides is 1. The van der Waals surface area contributed by atoms with E-state index >= 15 is 0 Å². The Kier molecular flexibility index (Phi) is 8.82. The second-order valence-corrected chi connectivity index (χ2v) is 11.4. The Morgan fingerprint density at radius 3 is 2.45 bits per heavy atom. The van der Waals surface area contributed by atoms with E-state index in [1.807, 2.05) is 38.7 Å². The first kappa shape index (κ1) is 26.0. The average molecular weight is 497 g/mol. The van der Waals surface area contributed by atoms with Crippen LogP contribution in [0.4, 0.5) is 0 Å². The Morgan fingerprint density at radius 1 is 1.18 bits per heavy atom. The normalized spacial score (nSPS) is 19.5. The Hall–Kier alpha value is -1.62. The number of aryl methyl sites for hydroxylation is 1. The van der Waals surface area contributed by atoms with Gasteiger partial charge in [0.1, 0.15) is 0 Å². The maximum absolute atomic E-state index is 13.0. The molecule has 8 nitrogen and oxygen atoms in total. The fraction of sp³-hybridized carbons (Fsp3) is 0.652. The van der Waals surface area contributed by atoms with E-state index in [1.54, 1.807) is 12.1 Å². The molecule has 0 N–H and O–H groups in total. The van der Waals surface area contributed by atoms with Crippen molar-refractivity contribution in [2.75, 3.05) is 31.9 Å². The van der Waals surface area contributed by atoms with Gasteiger partial charge in [-0.25, -0.2) is 13.4 Å². The van der Waals surface area contributed by atoms with Crippen molar-refractivity contribution in [1.29, 1.82) is 0 Å². The zero-order chi connectivity index (χ0) is 24.2. The number of unbranched alkanes of at least 4 members (excludes halogenated alkanes) is 1. The molecule has 1 fully saturated rings. The summed E-state index contributed by atoms with van der Waals surface area (Å²) in [5.41, 5.74) is 1.54. The van der Waals surface area contributed by atoms with E-state index in [0.29, 0.717) is 37.4 Å². The van der Waals surface area contributed by atoms with Gasteiger partial charge in [-0.15, -0.1) is 0 Å². The van der Waals surface area contributed by atoms with Crippen molar-refractivity contribution < 1.29 is 17.9 Å². The highest BCUT2D eigenvalue weighted by Gasteiger charge is 2.27. The maximum Gasteiger partial charge on any atom is 0.243 e. The van der Waals surface area contributed by atoms with E-state index in [2.05, 4.69) is 11.5 Å². The van der Waals surface area contributed by atoms with Crippen molar-refractivity contribution in [2.45, 2.75) is 76.3 Å². The first-order valence-electron chi connectivity index (χ1n) is 11.8. The maximum atomic E-state index is 13.0. The molecular formula is C23H36N4O4S2. The van der Waals surface area contributed by atoms with Crippen LogP contribution < -0.4 is 0 Å². The Morgan fingerprint density at radius 2 is 1.85 bits per heavy atom. The Balaban J connectivity index is 1.86. The number of imidazole rings is 1. The number of carbonyl (C=O) groups excluding carboxylic acids is 1. The number of rotatable bonds is 10. The van der Waals surface area contributed by atoms with E-state index < -0.39 is 10.0 Å². The zero-order valence-corrected chi connectivity index (χ0v) is 21.9. The molecule has 0 aliphatic carbocycles. The van der Waals surface area contributed by atoms with Crippen molar-refractivity contribution in [3.05, 3.63) is 18.2 Å². The third-order valence-corrected chi connectivity index (χ3v) is 8.87. The SMILES string of the molecule is CCCCn1c(SCC(=O)N2CC(C)OC(C)C2)nc2cc(S(=O)(=O)N(CC)CC)ccc21. The lowest BCUT2D eigenvalue weighted by molar-refractivity contribution is -0.140. The molecule has 0 radical (unpaired) electrons. The smallest absolute Gasteiger partial charge is 0.243 e. The van der Waals surface area contributed by atoms with Crippen molar-refractivity contribution in [1.82, 2.24) is 18.8 Å². The third kappa shape index (κ3) is 5.90. The van der Waals surface area contributed by atoms with E-state index in [1.165, 1.54) is 16.1 Å². The molecule has 10 heteroatoms. The number of ether oxygens (including phenoxy) is 1. The van der Waals surface area contributed by atoms with Gasteiger partial charge in [-0.1, -0.05) is 39.0 Å². The standard InChI is InChI=1S/C23H36N4O4S2/c1-6-9-12-27-21-11-10-19(33(29,30)26(7-2)8-3)13-20(21)24-23(27)32-16-22(28)25-14-17(4)31-18(5)15-25/h10-11,13,17-18H,6-9,12,14-16H2,1-5H3. The number of morpholine rings is 1. The molecule has 1 amide bonds. The number of hydrogen-bond acceptors (Lipinski definition) is 6. The fourth-order valence-electron chi connectivity index (χ4n) is 4.20. The molecular weight excluding hydrogens is 460 g/mol. The van der Waals surface area contributed by atoms with Crippen LogP contribution in [0.3, 0.4) is 0 Å². The highest BCUT2D eigenvalue weighted by atomic mass is 32.2. The number of aromatic nitrogens is 2. The fourth-order valence-corrected chi connectivity index (χ4v) is 6.62. The molecule has 33 heavy (non-hydrogen) atoms. The van der Waals surface area contributed by atoms with E-state index in [9.17, 15) is 13.2 Å². The highest BCUT2D eigenvalue weighted by Crippen LogP contribution is 2.28. The number of hydrogen-bond donors (Lipinski definition) is 0. The monoisotopic (exact) mass is 496 g/mol. The summed E-state index contributed by atoms with van der Waals surface area (Å²) in [4.78, 5) is 19.7. The van der Waals surface area contributed by atoms with Gasteiger partial charge in [-0.05, 0) is 38.5 Å². The van der Waals surface area contributed by atoms with Gasteiger partial charge < -0.3 is 14.2 Å². The van der Waals surface area contributed by atoms with Crippen LogP contribution in [0.1, 0.15) is 47.5 Å². The molecule has 1 saturated heterocycles. The largest absolute Gasteiger partial charge is 0.372 e. The van der Waals surface area contributed by atoms with Gasteiger partial charge in [0.2, 0.25) is 15.9 Å². The van der Waals surface area contributed by atoms with Crippen LogP contribution in [0.15, 0.2) is 28.3 Å². The predicted molar refractivity (Wildman–Crippen MR) is 132 cm³/mol. The molecule has 2 unspecified atom stereocenters. The van der Waals surface area contributed by atoms with Crippen molar-refractivity contribution in [3.63, 3.8) is 0 Å². The number of fused-ring (bicyclic) bond motifs is 1. The number of sulfonamides is 1. The molecule has 184 valence electrons. The lowest BCUT2D eigenvalue weighted by Crippen LogP contribution is -2.48. The van der Waals surface area contributed by atoms with Gasteiger partial charge in [-0.3, -0.25) is 4.79 Å². The molecule has 0 spiro atoms. The summed E-state index contributed by atoms with van der Waals surface area (Å²) < 4.78 is 35.2. The summed E-state index contributed by atoms with van der Waals surface area (Å²) >= 11 is 1.42. The third-order valence-electron chi connectivity index (χ3n) is 5.86. The number of carbonyl (C=O) groups is 1. The molecule has 1 aromatic heterocycles. The number of thioether (sulfide) groups is 1. The zero-order valence-electron chi connectivity index (χ0n) is 20.3. The van der Waals surface area contributed by atoms with Crippen molar-refractivity contribution in [3.8, 4) is 0 Å². The second kappa shape index (κ2) is 11.2. The molecule has 0 saturated carbocycles. The summed E-state index contributed by atoms with van der Waals surface area (Å²) in [5.74, 6) is 0.361. The van der Waals surface area contributed by atoms with Gasteiger partial charge in [-0.2, -0.15) is 4.31 Å². The molecule has 2 heterocycles. The quantitative estimate of drug-likeness (QED) is 0.468. The topological polar surface area (TPSA) is 84.7 Å². The molecule has 1 aromatic carbocycles. The lowest BCUT2D eigenvalue weighted by Gasteiger charge is -2.35. The van der Waals surface area contributed by atoms with Crippen LogP contribution in [0.25, 0.3) is 11.0 Å². The van der Waals surface area contributed by atoms with Gasteiger partial charge in [0, 0.05) is 32.7 Å². The minimum atomic E-state index is -3.56. The first-order chi connectivity index (χ1) is 15.7.